The fourth-order valence-electron chi connectivity index (χ4n) is 3.15. The van der Waals surface area contributed by atoms with Gasteiger partial charge in [-0.05, 0) is 30.5 Å². The predicted molar refractivity (Wildman–Crippen MR) is 88.5 cm³/mol. The minimum absolute atomic E-state index is 0.00916. The van der Waals surface area contributed by atoms with E-state index in [1.807, 2.05) is 11.6 Å². The third kappa shape index (κ3) is 3.72. The number of nitrogens with one attached hydrogen (secondary N) is 1. The molecule has 1 saturated carbocycles. The Bertz CT molecular complexity index is 820. The molecule has 1 aliphatic rings. The number of benzene rings is 1. The number of carbonyl (C=O) groups excluding carboxylic acids is 1. The van der Waals surface area contributed by atoms with Crippen molar-refractivity contribution in [2.45, 2.75) is 32.1 Å². The third-order valence-corrected chi connectivity index (χ3v) is 5.77. The highest BCUT2D eigenvalue weighted by molar-refractivity contribution is 7.90. The largest absolute Gasteiger partial charge is 0.334 e. The Labute approximate surface area is 136 Å². The summed E-state index contributed by atoms with van der Waals surface area (Å²) in [7, 11) is -1.73. The van der Waals surface area contributed by atoms with Crippen LogP contribution in [0.25, 0.3) is 11.0 Å². The topological polar surface area (TPSA) is 81.1 Å². The number of nitrogens with zero attached hydrogens (tertiary/aromatic N) is 2. The fraction of sp³-hybridized carbons (Fsp3) is 0.500. The van der Waals surface area contributed by atoms with Gasteiger partial charge in [0.2, 0.25) is 10.0 Å². The summed E-state index contributed by atoms with van der Waals surface area (Å²) in [5.74, 6) is -0.106. The molecule has 0 unspecified atom stereocenters. The lowest BCUT2D eigenvalue weighted by atomic mass is 10.1. The minimum atomic E-state index is -3.59. The van der Waals surface area contributed by atoms with Crippen molar-refractivity contribution in [3.8, 4) is 0 Å². The van der Waals surface area contributed by atoms with Crippen molar-refractivity contribution in [1.29, 1.82) is 0 Å². The number of hydrogen-bond acceptors (Lipinski definition) is 4. The molecule has 0 radical (unpaired) electrons. The van der Waals surface area contributed by atoms with Gasteiger partial charge < -0.3 is 4.57 Å². The second-order valence-corrected chi connectivity index (χ2v) is 8.09. The van der Waals surface area contributed by atoms with Crippen molar-refractivity contribution in [2.75, 3.05) is 5.75 Å². The maximum absolute atomic E-state index is 12.2. The predicted octanol–water partition coefficient (Wildman–Crippen LogP) is 2.21. The maximum Gasteiger partial charge on any atom is 0.264 e. The summed E-state index contributed by atoms with van der Waals surface area (Å²) < 4.78 is 28.2. The zero-order valence-corrected chi connectivity index (χ0v) is 14.0. The maximum atomic E-state index is 12.2. The molecule has 1 amide bonds. The highest BCUT2D eigenvalue weighted by Gasteiger charge is 2.21. The van der Waals surface area contributed by atoms with Crippen molar-refractivity contribution < 1.29 is 13.2 Å². The van der Waals surface area contributed by atoms with Gasteiger partial charge in [0, 0.05) is 12.6 Å². The van der Waals surface area contributed by atoms with Crippen LogP contribution >= 0.6 is 0 Å². The van der Waals surface area contributed by atoms with Crippen LogP contribution in [0.2, 0.25) is 0 Å². The number of aromatic nitrogens is 2. The van der Waals surface area contributed by atoms with E-state index in [4.69, 9.17) is 0 Å². The fourth-order valence-corrected chi connectivity index (χ4v) is 4.30. The SMILES string of the molecule is Cn1cnc2cc(C(=O)NS(=O)(=O)CCC3CCCC3)ccc21. The number of sulfonamides is 1. The van der Waals surface area contributed by atoms with Crippen LogP contribution in [0.15, 0.2) is 24.5 Å². The smallest absolute Gasteiger partial charge is 0.264 e. The van der Waals surface area contributed by atoms with Gasteiger partial charge in [-0.2, -0.15) is 0 Å². The zero-order chi connectivity index (χ0) is 16.4. The zero-order valence-electron chi connectivity index (χ0n) is 13.2. The van der Waals surface area contributed by atoms with E-state index in [1.54, 1.807) is 24.5 Å². The molecule has 7 heteroatoms. The second kappa shape index (κ2) is 6.31. The minimum Gasteiger partial charge on any atom is -0.334 e. The van der Waals surface area contributed by atoms with Gasteiger partial charge in [-0.25, -0.2) is 18.1 Å². The Morgan fingerprint density at radius 2 is 2.09 bits per heavy atom. The molecule has 0 saturated heterocycles. The Morgan fingerprint density at radius 1 is 1.35 bits per heavy atom. The Hall–Kier alpha value is -1.89. The van der Waals surface area contributed by atoms with Crippen molar-refractivity contribution in [1.82, 2.24) is 14.3 Å². The van der Waals surface area contributed by atoms with Crippen molar-refractivity contribution in [3.63, 3.8) is 0 Å². The number of imidazole rings is 1. The van der Waals surface area contributed by atoms with Gasteiger partial charge in [0.25, 0.3) is 5.91 Å². The van der Waals surface area contributed by atoms with Crippen LogP contribution in [-0.2, 0) is 17.1 Å². The van der Waals surface area contributed by atoms with Crippen LogP contribution in [0.4, 0.5) is 0 Å². The molecule has 1 fully saturated rings. The van der Waals surface area contributed by atoms with Crippen LogP contribution in [0.3, 0.4) is 0 Å². The van der Waals surface area contributed by atoms with E-state index in [0.29, 0.717) is 23.4 Å². The molecule has 23 heavy (non-hydrogen) atoms. The lowest BCUT2D eigenvalue weighted by molar-refractivity contribution is 0.0981. The molecule has 1 aromatic heterocycles. The van der Waals surface area contributed by atoms with Crippen LogP contribution < -0.4 is 4.72 Å². The summed E-state index contributed by atoms with van der Waals surface area (Å²) in [6.07, 6.45) is 6.84. The average molecular weight is 335 g/mol. The summed E-state index contributed by atoms with van der Waals surface area (Å²) in [5, 5.41) is 0. The Kier molecular flexibility index (Phi) is 4.39. The molecule has 124 valence electrons. The van der Waals surface area contributed by atoms with Crippen LogP contribution in [-0.4, -0.2) is 29.6 Å². The Morgan fingerprint density at radius 3 is 2.83 bits per heavy atom. The molecule has 1 heterocycles. The molecule has 1 aromatic carbocycles. The van der Waals surface area contributed by atoms with Crippen molar-refractivity contribution in [3.05, 3.63) is 30.1 Å². The first-order valence-corrected chi connectivity index (χ1v) is 9.56. The molecule has 1 N–H and O–H groups in total. The van der Waals surface area contributed by atoms with Gasteiger partial charge in [0.05, 0.1) is 23.1 Å². The van der Waals surface area contributed by atoms with Gasteiger partial charge in [0.1, 0.15) is 0 Å². The van der Waals surface area contributed by atoms with Gasteiger partial charge in [0.15, 0.2) is 0 Å². The lowest BCUT2D eigenvalue weighted by Crippen LogP contribution is -2.33. The number of fused-ring (bicyclic) bond motifs is 1. The summed E-state index contributed by atoms with van der Waals surface area (Å²) in [6, 6.07) is 4.99. The first-order chi connectivity index (χ1) is 10.9. The number of carbonyl (C=O) groups is 1. The van der Waals surface area contributed by atoms with Crippen LogP contribution in [0, 0.1) is 5.92 Å². The van der Waals surface area contributed by atoms with Gasteiger partial charge in [-0.15, -0.1) is 0 Å². The van der Waals surface area contributed by atoms with Gasteiger partial charge >= 0.3 is 0 Å². The number of rotatable bonds is 5. The molecule has 0 bridgehead atoms. The average Bonchev–Trinajstić information content (AvgIpc) is 3.15. The van der Waals surface area contributed by atoms with Crippen molar-refractivity contribution >= 4 is 27.0 Å². The first-order valence-electron chi connectivity index (χ1n) is 7.90. The van der Waals surface area contributed by atoms with E-state index >= 15 is 0 Å². The highest BCUT2D eigenvalue weighted by atomic mass is 32.2. The molecule has 2 aromatic rings. The van der Waals surface area contributed by atoms with Gasteiger partial charge in [-0.3, -0.25) is 4.79 Å². The molecule has 0 spiro atoms. The lowest BCUT2D eigenvalue weighted by Gasteiger charge is -2.10. The monoisotopic (exact) mass is 335 g/mol. The van der Waals surface area contributed by atoms with E-state index in [0.717, 1.165) is 18.4 Å². The van der Waals surface area contributed by atoms with Crippen molar-refractivity contribution in [2.24, 2.45) is 13.0 Å². The summed E-state index contributed by atoms with van der Waals surface area (Å²) in [6.45, 7) is 0. The molecule has 0 atom stereocenters. The molecule has 1 aliphatic carbocycles. The molecule has 6 nitrogen and oxygen atoms in total. The van der Waals surface area contributed by atoms with Gasteiger partial charge in [-0.1, -0.05) is 25.7 Å². The van der Waals surface area contributed by atoms with E-state index < -0.39 is 15.9 Å². The number of amides is 1. The molecule has 3 rings (SSSR count). The highest BCUT2D eigenvalue weighted by Crippen LogP contribution is 2.27. The molecular formula is C16H21N3O3S. The van der Waals surface area contributed by atoms with E-state index in [-0.39, 0.29) is 5.75 Å². The molecular weight excluding hydrogens is 314 g/mol. The standard InChI is InChI=1S/C16H21N3O3S/c1-19-11-17-14-10-13(6-7-15(14)19)16(20)18-23(21,22)9-8-12-4-2-3-5-12/h6-7,10-12H,2-5,8-9H2,1H3,(H,18,20). The third-order valence-electron chi connectivity index (χ3n) is 4.51. The van der Waals surface area contributed by atoms with E-state index in [2.05, 4.69) is 9.71 Å². The summed E-state index contributed by atoms with van der Waals surface area (Å²) in [4.78, 5) is 16.4. The summed E-state index contributed by atoms with van der Waals surface area (Å²) in [5.41, 5.74) is 1.87. The Balaban J connectivity index is 1.66. The molecule has 0 aliphatic heterocycles. The van der Waals surface area contributed by atoms with Crippen LogP contribution in [0.1, 0.15) is 42.5 Å². The quantitative estimate of drug-likeness (QED) is 0.908. The first kappa shape index (κ1) is 16.0. The van der Waals surface area contributed by atoms with E-state index in [1.165, 1.54) is 12.8 Å². The normalized spacial score (nSPS) is 16.0. The van der Waals surface area contributed by atoms with Crippen LogP contribution in [0.5, 0.6) is 0 Å². The second-order valence-electron chi connectivity index (χ2n) is 6.25. The number of aryl methyl sites for hydroxylation is 1. The van der Waals surface area contributed by atoms with E-state index in [9.17, 15) is 13.2 Å². The number of hydrogen-bond donors (Lipinski definition) is 1. The summed E-state index contributed by atoms with van der Waals surface area (Å²) >= 11 is 0.